The predicted octanol–water partition coefficient (Wildman–Crippen LogP) is 4.84. The SMILES string of the molecule is O=C1OC(c2ccccc2Cl)=NC1=Cc1cccc2ccccc12. The number of aliphatic imine (C=N–C) groups is 1. The molecule has 0 bridgehead atoms. The highest BCUT2D eigenvalue weighted by molar-refractivity contribution is 6.34. The lowest BCUT2D eigenvalue weighted by atomic mass is 10.0. The highest BCUT2D eigenvalue weighted by Gasteiger charge is 2.25. The van der Waals surface area contributed by atoms with Crippen LogP contribution in [-0.2, 0) is 9.53 Å². The highest BCUT2D eigenvalue weighted by Crippen LogP contribution is 2.26. The maximum Gasteiger partial charge on any atom is 0.363 e. The van der Waals surface area contributed by atoms with E-state index in [4.69, 9.17) is 16.3 Å². The van der Waals surface area contributed by atoms with Crippen molar-refractivity contribution in [3.63, 3.8) is 0 Å². The molecule has 0 amide bonds. The number of carbonyl (C=O) groups is 1. The molecule has 0 saturated heterocycles. The van der Waals surface area contributed by atoms with Gasteiger partial charge >= 0.3 is 5.97 Å². The maximum atomic E-state index is 12.2. The van der Waals surface area contributed by atoms with Gasteiger partial charge in [0.05, 0.1) is 10.6 Å². The van der Waals surface area contributed by atoms with Crippen molar-refractivity contribution in [2.75, 3.05) is 0 Å². The Labute approximate surface area is 143 Å². The summed E-state index contributed by atoms with van der Waals surface area (Å²) in [6, 6.07) is 21.1. The number of cyclic esters (lactones) is 1. The van der Waals surface area contributed by atoms with Gasteiger partial charge in [-0.1, -0.05) is 66.2 Å². The summed E-state index contributed by atoms with van der Waals surface area (Å²) in [5.74, 6) is -0.241. The number of esters is 1. The predicted molar refractivity (Wildman–Crippen MR) is 96.0 cm³/mol. The van der Waals surface area contributed by atoms with Crippen molar-refractivity contribution in [1.82, 2.24) is 0 Å². The molecule has 1 heterocycles. The van der Waals surface area contributed by atoms with Gasteiger partial charge in [0.25, 0.3) is 0 Å². The average molecular weight is 334 g/mol. The van der Waals surface area contributed by atoms with Crippen molar-refractivity contribution in [2.24, 2.45) is 4.99 Å². The lowest BCUT2D eigenvalue weighted by Crippen LogP contribution is -2.05. The van der Waals surface area contributed by atoms with Crippen molar-refractivity contribution < 1.29 is 9.53 Å². The Balaban J connectivity index is 1.80. The first-order valence-corrected chi connectivity index (χ1v) is 7.85. The summed E-state index contributed by atoms with van der Waals surface area (Å²) >= 11 is 6.15. The lowest BCUT2D eigenvalue weighted by molar-refractivity contribution is -0.129. The van der Waals surface area contributed by atoms with Crippen molar-refractivity contribution in [1.29, 1.82) is 0 Å². The Bertz CT molecular complexity index is 1020. The molecule has 0 N–H and O–H groups in total. The summed E-state index contributed by atoms with van der Waals surface area (Å²) in [7, 11) is 0. The molecule has 0 spiro atoms. The van der Waals surface area contributed by atoms with Crippen LogP contribution >= 0.6 is 11.6 Å². The molecular weight excluding hydrogens is 322 g/mol. The van der Waals surface area contributed by atoms with E-state index in [0.717, 1.165) is 16.3 Å². The minimum atomic E-state index is -0.474. The quantitative estimate of drug-likeness (QED) is 0.497. The molecule has 0 unspecified atom stereocenters. The second-order valence-electron chi connectivity index (χ2n) is 5.38. The molecule has 1 aliphatic heterocycles. The molecule has 3 aromatic rings. The Hall–Kier alpha value is -2.91. The number of benzene rings is 3. The molecule has 0 fully saturated rings. The Morgan fingerprint density at radius 3 is 2.54 bits per heavy atom. The number of ether oxygens (including phenoxy) is 1. The molecule has 0 aromatic heterocycles. The molecular formula is C20H12ClNO2. The first-order valence-electron chi connectivity index (χ1n) is 7.47. The minimum Gasteiger partial charge on any atom is -0.402 e. The molecule has 4 heteroatoms. The largest absolute Gasteiger partial charge is 0.402 e. The van der Waals surface area contributed by atoms with Crippen molar-refractivity contribution in [2.45, 2.75) is 0 Å². The van der Waals surface area contributed by atoms with Crippen LogP contribution in [0.2, 0.25) is 5.02 Å². The lowest BCUT2D eigenvalue weighted by Gasteiger charge is -2.01. The second-order valence-corrected chi connectivity index (χ2v) is 5.79. The van der Waals surface area contributed by atoms with Gasteiger partial charge in [-0.25, -0.2) is 9.79 Å². The van der Waals surface area contributed by atoms with Crippen LogP contribution in [0.25, 0.3) is 16.8 Å². The molecule has 3 nitrogen and oxygen atoms in total. The number of halogens is 1. The number of hydrogen-bond donors (Lipinski definition) is 0. The van der Waals surface area contributed by atoms with E-state index in [-0.39, 0.29) is 11.6 Å². The third-order valence-electron chi connectivity index (χ3n) is 3.84. The zero-order valence-corrected chi connectivity index (χ0v) is 13.3. The van der Waals surface area contributed by atoms with Crippen LogP contribution in [0.15, 0.2) is 77.4 Å². The third kappa shape index (κ3) is 2.59. The van der Waals surface area contributed by atoms with Crippen molar-refractivity contribution in [3.05, 3.63) is 88.6 Å². The second kappa shape index (κ2) is 5.95. The van der Waals surface area contributed by atoms with Gasteiger partial charge in [0.2, 0.25) is 5.90 Å². The zero-order chi connectivity index (χ0) is 16.5. The van der Waals surface area contributed by atoms with Gasteiger partial charge in [0.1, 0.15) is 0 Å². The van der Waals surface area contributed by atoms with Crippen LogP contribution in [-0.4, -0.2) is 11.9 Å². The molecule has 24 heavy (non-hydrogen) atoms. The van der Waals surface area contributed by atoms with Crippen LogP contribution in [0.4, 0.5) is 0 Å². The Morgan fingerprint density at radius 1 is 0.917 bits per heavy atom. The van der Waals surface area contributed by atoms with E-state index >= 15 is 0 Å². The van der Waals surface area contributed by atoms with Gasteiger partial charge in [-0.3, -0.25) is 0 Å². The first-order chi connectivity index (χ1) is 11.7. The van der Waals surface area contributed by atoms with Crippen LogP contribution in [0, 0.1) is 0 Å². The summed E-state index contributed by atoms with van der Waals surface area (Å²) in [6.07, 6.45) is 1.74. The summed E-state index contributed by atoms with van der Waals surface area (Å²) in [5.41, 5.74) is 1.79. The highest BCUT2D eigenvalue weighted by atomic mass is 35.5. The molecule has 4 rings (SSSR count). The number of hydrogen-bond acceptors (Lipinski definition) is 3. The van der Waals surface area contributed by atoms with Crippen LogP contribution in [0.1, 0.15) is 11.1 Å². The molecule has 0 aliphatic carbocycles. The molecule has 0 radical (unpaired) electrons. The summed E-state index contributed by atoms with van der Waals surface area (Å²) in [5, 5.41) is 2.66. The topological polar surface area (TPSA) is 38.7 Å². The van der Waals surface area contributed by atoms with Crippen molar-refractivity contribution >= 4 is 40.3 Å². The fourth-order valence-electron chi connectivity index (χ4n) is 2.68. The zero-order valence-electron chi connectivity index (χ0n) is 12.6. The van der Waals surface area contributed by atoms with Gasteiger partial charge in [0.15, 0.2) is 5.70 Å². The molecule has 116 valence electrons. The van der Waals surface area contributed by atoms with E-state index in [1.54, 1.807) is 18.2 Å². The maximum absolute atomic E-state index is 12.2. The summed E-state index contributed by atoms with van der Waals surface area (Å²) in [6.45, 7) is 0. The Kier molecular flexibility index (Phi) is 3.63. The third-order valence-corrected chi connectivity index (χ3v) is 4.17. The fraction of sp³-hybridized carbons (Fsp3) is 0. The number of fused-ring (bicyclic) bond motifs is 1. The Morgan fingerprint density at radius 2 is 1.67 bits per heavy atom. The smallest absolute Gasteiger partial charge is 0.363 e. The molecule has 3 aromatic carbocycles. The van der Waals surface area contributed by atoms with E-state index in [9.17, 15) is 4.79 Å². The van der Waals surface area contributed by atoms with Gasteiger partial charge < -0.3 is 4.74 Å². The van der Waals surface area contributed by atoms with Crippen LogP contribution in [0.5, 0.6) is 0 Å². The van der Waals surface area contributed by atoms with E-state index in [2.05, 4.69) is 4.99 Å². The molecule has 0 atom stereocenters. The first kappa shape index (κ1) is 14.7. The summed E-state index contributed by atoms with van der Waals surface area (Å²) in [4.78, 5) is 16.5. The standard InChI is InChI=1S/C20H12ClNO2/c21-17-11-4-3-10-16(17)19-22-18(20(23)24-19)12-14-8-5-7-13-6-1-2-9-15(13)14/h1-12H. The number of carbonyl (C=O) groups excluding carboxylic acids is 1. The van der Waals surface area contributed by atoms with E-state index in [1.165, 1.54) is 0 Å². The van der Waals surface area contributed by atoms with E-state index in [1.807, 2.05) is 54.6 Å². The van der Waals surface area contributed by atoms with Gasteiger partial charge in [-0.05, 0) is 34.5 Å². The minimum absolute atomic E-state index is 0.233. The molecule has 1 aliphatic rings. The van der Waals surface area contributed by atoms with Gasteiger partial charge in [-0.2, -0.15) is 0 Å². The number of rotatable bonds is 2. The van der Waals surface area contributed by atoms with Crippen LogP contribution < -0.4 is 0 Å². The van der Waals surface area contributed by atoms with E-state index in [0.29, 0.717) is 10.6 Å². The number of nitrogens with zero attached hydrogens (tertiary/aromatic N) is 1. The summed E-state index contributed by atoms with van der Waals surface area (Å²) < 4.78 is 5.28. The average Bonchev–Trinajstić information content (AvgIpc) is 2.96. The monoisotopic (exact) mass is 333 g/mol. The van der Waals surface area contributed by atoms with Crippen molar-refractivity contribution in [3.8, 4) is 0 Å². The van der Waals surface area contributed by atoms with E-state index < -0.39 is 5.97 Å². The fourth-order valence-corrected chi connectivity index (χ4v) is 2.90. The molecule has 0 saturated carbocycles. The van der Waals surface area contributed by atoms with Crippen LogP contribution in [0.3, 0.4) is 0 Å². The van der Waals surface area contributed by atoms with Gasteiger partial charge in [0, 0.05) is 0 Å². The van der Waals surface area contributed by atoms with Gasteiger partial charge in [-0.15, -0.1) is 0 Å². The normalized spacial score (nSPS) is 15.6.